The summed E-state index contributed by atoms with van der Waals surface area (Å²) in [5.74, 6) is 0.126. The van der Waals surface area contributed by atoms with Crippen LogP contribution in [0.3, 0.4) is 0 Å². The highest BCUT2D eigenvalue weighted by atomic mass is 16.5. The van der Waals surface area contributed by atoms with Crippen molar-refractivity contribution in [3.8, 4) is 0 Å². The predicted molar refractivity (Wildman–Crippen MR) is 73.0 cm³/mol. The van der Waals surface area contributed by atoms with Crippen LogP contribution in [0.2, 0.25) is 0 Å². The summed E-state index contributed by atoms with van der Waals surface area (Å²) in [5.41, 5.74) is 5.93. The van der Waals surface area contributed by atoms with E-state index in [1.165, 1.54) is 25.5 Å². The summed E-state index contributed by atoms with van der Waals surface area (Å²) < 4.78 is 5.00. The zero-order valence-corrected chi connectivity index (χ0v) is 11.2. The lowest BCUT2D eigenvalue weighted by Crippen LogP contribution is -2.38. The van der Waals surface area contributed by atoms with Gasteiger partial charge in [-0.15, -0.1) is 0 Å². The SMILES string of the molecule is C=COCCCNC(=O)CC1(CN)CCCCC1. The summed E-state index contributed by atoms with van der Waals surface area (Å²) in [6.45, 7) is 5.36. The molecule has 0 aliphatic heterocycles. The molecule has 1 amide bonds. The van der Waals surface area contributed by atoms with Crippen LogP contribution in [0.5, 0.6) is 0 Å². The van der Waals surface area contributed by atoms with Crippen molar-refractivity contribution < 1.29 is 9.53 Å². The van der Waals surface area contributed by atoms with Crippen LogP contribution in [-0.4, -0.2) is 25.6 Å². The average molecular weight is 254 g/mol. The third-order valence-electron chi connectivity index (χ3n) is 3.76. The van der Waals surface area contributed by atoms with Crippen molar-refractivity contribution in [3.05, 3.63) is 12.8 Å². The second-order valence-electron chi connectivity index (χ2n) is 5.18. The Balaban J connectivity index is 2.22. The van der Waals surface area contributed by atoms with E-state index in [1.54, 1.807) is 0 Å². The molecule has 0 bridgehead atoms. The Labute approximate surface area is 110 Å². The molecule has 0 saturated heterocycles. The zero-order valence-electron chi connectivity index (χ0n) is 11.2. The minimum Gasteiger partial charge on any atom is -0.502 e. The Bertz CT molecular complexity index is 261. The molecule has 1 aliphatic carbocycles. The van der Waals surface area contributed by atoms with Crippen molar-refractivity contribution >= 4 is 5.91 Å². The molecule has 1 aliphatic rings. The van der Waals surface area contributed by atoms with E-state index in [0.29, 0.717) is 26.1 Å². The number of nitrogens with two attached hydrogens (primary N) is 1. The van der Waals surface area contributed by atoms with Crippen molar-refractivity contribution in [1.82, 2.24) is 5.32 Å². The minimum absolute atomic E-state index is 0.0555. The van der Waals surface area contributed by atoms with E-state index < -0.39 is 0 Å². The Kier molecular flexibility index (Phi) is 6.80. The van der Waals surface area contributed by atoms with E-state index in [-0.39, 0.29) is 11.3 Å². The first kappa shape index (κ1) is 15.0. The molecule has 1 saturated carbocycles. The molecule has 0 aromatic carbocycles. The summed E-state index contributed by atoms with van der Waals surface area (Å²) in [5, 5.41) is 2.94. The van der Waals surface area contributed by atoms with Crippen LogP contribution in [0.1, 0.15) is 44.9 Å². The van der Waals surface area contributed by atoms with Crippen LogP contribution in [0, 0.1) is 5.41 Å². The van der Waals surface area contributed by atoms with Crippen molar-refractivity contribution in [2.24, 2.45) is 11.1 Å². The quantitative estimate of drug-likeness (QED) is 0.514. The molecule has 1 rings (SSSR count). The van der Waals surface area contributed by atoms with Crippen LogP contribution in [0.25, 0.3) is 0 Å². The van der Waals surface area contributed by atoms with E-state index >= 15 is 0 Å². The highest BCUT2D eigenvalue weighted by Gasteiger charge is 2.32. The Hall–Kier alpha value is -1.03. The van der Waals surface area contributed by atoms with E-state index in [2.05, 4.69) is 11.9 Å². The number of carbonyl (C=O) groups excluding carboxylic acids is 1. The summed E-state index contributed by atoms with van der Waals surface area (Å²) in [4.78, 5) is 11.9. The molecule has 0 heterocycles. The maximum absolute atomic E-state index is 11.9. The van der Waals surface area contributed by atoms with E-state index in [9.17, 15) is 4.79 Å². The Morgan fingerprint density at radius 3 is 2.72 bits per heavy atom. The summed E-state index contributed by atoms with van der Waals surface area (Å²) in [6, 6.07) is 0. The normalized spacial score (nSPS) is 18.1. The maximum Gasteiger partial charge on any atom is 0.220 e. The number of amides is 1. The summed E-state index contributed by atoms with van der Waals surface area (Å²) in [6.07, 6.45) is 8.69. The van der Waals surface area contributed by atoms with Crippen LogP contribution < -0.4 is 11.1 Å². The van der Waals surface area contributed by atoms with Crippen LogP contribution in [0.15, 0.2) is 12.8 Å². The molecule has 1 fully saturated rings. The fourth-order valence-electron chi connectivity index (χ4n) is 2.62. The van der Waals surface area contributed by atoms with Crippen LogP contribution in [0.4, 0.5) is 0 Å². The van der Waals surface area contributed by atoms with Gasteiger partial charge in [0.25, 0.3) is 0 Å². The van der Waals surface area contributed by atoms with E-state index in [0.717, 1.165) is 19.3 Å². The van der Waals surface area contributed by atoms with Gasteiger partial charge in [-0.25, -0.2) is 0 Å². The topological polar surface area (TPSA) is 64.3 Å². The van der Waals surface area contributed by atoms with Gasteiger partial charge in [0, 0.05) is 13.0 Å². The molecule has 0 spiro atoms. The second kappa shape index (κ2) is 8.14. The number of rotatable bonds is 8. The number of ether oxygens (including phenoxy) is 1. The average Bonchev–Trinajstić information content (AvgIpc) is 2.39. The third kappa shape index (κ3) is 5.08. The number of carbonyl (C=O) groups is 1. The van der Waals surface area contributed by atoms with Gasteiger partial charge in [-0.2, -0.15) is 0 Å². The Morgan fingerprint density at radius 2 is 2.11 bits per heavy atom. The molecule has 104 valence electrons. The fraction of sp³-hybridized carbons (Fsp3) is 0.786. The van der Waals surface area contributed by atoms with E-state index in [4.69, 9.17) is 10.5 Å². The highest BCUT2D eigenvalue weighted by molar-refractivity contribution is 5.76. The van der Waals surface area contributed by atoms with Crippen LogP contribution in [-0.2, 0) is 9.53 Å². The smallest absolute Gasteiger partial charge is 0.220 e. The molecule has 4 nitrogen and oxygen atoms in total. The molecule has 0 atom stereocenters. The van der Waals surface area contributed by atoms with Crippen LogP contribution >= 0.6 is 0 Å². The third-order valence-corrected chi connectivity index (χ3v) is 3.76. The van der Waals surface area contributed by atoms with Gasteiger partial charge in [0.2, 0.25) is 5.91 Å². The molecular weight excluding hydrogens is 228 g/mol. The molecule has 3 N–H and O–H groups in total. The van der Waals surface area contributed by atoms with Gasteiger partial charge in [0.05, 0.1) is 12.9 Å². The van der Waals surface area contributed by atoms with Gasteiger partial charge in [-0.3, -0.25) is 4.79 Å². The predicted octanol–water partition coefficient (Wildman–Crippen LogP) is 1.95. The van der Waals surface area contributed by atoms with Gasteiger partial charge in [0.15, 0.2) is 0 Å². The Morgan fingerprint density at radius 1 is 1.39 bits per heavy atom. The first-order valence-corrected chi connectivity index (χ1v) is 6.92. The molecule has 0 radical (unpaired) electrons. The number of nitrogens with one attached hydrogen (secondary N) is 1. The lowest BCUT2D eigenvalue weighted by atomic mass is 9.71. The lowest BCUT2D eigenvalue weighted by molar-refractivity contribution is -0.123. The van der Waals surface area contributed by atoms with Crippen molar-refractivity contribution in [2.45, 2.75) is 44.9 Å². The number of hydrogen-bond acceptors (Lipinski definition) is 3. The fourth-order valence-corrected chi connectivity index (χ4v) is 2.62. The highest BCUT2D eigenvalue weighted by Crippen LogP contribution is 2.38. The zero-order chi connectivity index (χ0) is 13.3. The second-order valence-corrected chi connectivity index (χ2v) is 5.18. The monoisotopic (exact) mass is 254 g/mol. The van der Waals surface area contributed by atoms with Gasteiger partial charge < -0.3 is 15.8 Å². The van der Waals surface area contributed by atoms with Gasteiger partial charge in [-0.05, 0) is 31.2 Å². The van der Waals surface area contributed by atoms with Gasteiger partial charge in [-0.1, -0.05) is 25.8 Å². The molecule has 18 heavy (non-hydrogen) atoms. The maximum atomic E-state index is 11.9. The molecule has 0 aromatic rings. The van der Waals surface area contributed by atoms with Crippen molar-refractivity contribution in [2.75, 3.05) is 19.7 Å². The first-order valence-electron chi connectivity index (χ1n) is 6.92. The molecule has 0 aromatic heterocycles. The minimum atomic E-state index is 0.0555. The number of hydrogen-bond donors (Lipinski definition) is 2. The lowest BCUT2D eigenvalue weighted by Gasteiger charge is -2.35. The summed E-state index contributed by atoms with van der Waals surface area (Å²) in [7, 11) is 0. The van der Waals surface area contributed by atoms with Gasteiger partial charge >= 0.3 is 0 Å². The van der Waals surface area contributed by atoms with E-state index in [1.807, 2.05) is 0 Å². The van der Waals surface area contributed by atoms with Crippen molar-refractivity contribution in [3.63, 3.8) is 0 Å². The van der Waals surface area contributed by atoms with Crippen molar-refractivity contribution in [1.29, 1.82) is 0 Å². The molecule has 4 heteroatoms. The first-order chi connectivity index (χ1) is 8.72. The standard InChI is InChI=1S/C14H26N2O2/c1-2-18-10-6-9-16-13(17)11-14(12-15)7-4-3-5-8-14/h2H,1,3-12,15H2,(H,16,17). The molecule has 0 unspecified atom stereocenters. The molecular formula is C14H26N2O2. The summed E-state index contributed by atoms with van der Waals surface area (Å²) >= 11 is 0. The largest absolute Gasteiger partial charge is 0.502 e. The van der Waals surface area contributed by atoms with Gasteiger partial charge in [0.1, 0.15) is 0 Å².